The van der Waals surface area contributed by atoms with Gasteiger partial charge in [-0.2, -0.15) is 0 Å². The van der Waals surface area contributed by atoms with Gasteiger partial charge < -0.3 is 20.5 Å². The van der Waals surface area contributed by atoms with Crippen molar-refractivity contribution in [1.82, 2.24) is 0 Å². The highest BCUT2D eigenvalue weighted by Gasteiger charge is 2.36. The second-order valence-electron chi connectivity index (χ2n) is 8.10. The summed E-state index contributed by atoms with van der Waals surface area (Å²) in [6, 6.07) is 21.7. The highest BCUT2D eigenvalue weighted by atomic mass is 16.5. The molecule has 4 rings (SSSR count). The molecule has 1 atom stereocenters. The van der Waals surface area contributed by atoms with E-state index in [1.165, 1.54) is 5.56 Å². The third-order valence-electron chi connectivity index (χ3n) is 5.75. The third kappa shape index (κ3) is 5.13. The van der Waals surface area contributed by atoms with E-state index in [0.717, 1.165) is 35.3 Å². The second-order valence-corrected chi connectivity index (χ2v) is 8.10. The van der Waals surface area contributed by atoms with E-state index >= 15 is 0 Å². The van der Waals surface area contributed by atoms with Gasteiger partial charge in [-0.1, -0.05) is 42.5 Å². The van der Waals surface area contributed by atoms with Crippen LogP contribution in [0.5, 0.6) is 11.5 Å². The van der Waals surface area contributed by atoms with E-state index in [1.807, 2.05) is 68.4 Å². The fourth-order valence-corrected chi connectivity index (χ4v) is 4.16. The van der Waals surface area contributed by atoms with Gasteiger partial charge in [-0.05, 0) is 68.1 Å². The molecule has 3 aromatic rings. The summed E-state index contributed by atoms with van der Waals surface area (Å²) in [7, 11) is 0. The molecule has 0 radical (unpaired) electrons. The molecule has 34 heavy (non-hydrogen) atoms. The number of hydrogen-bond acceptors (Lipinski definition) is 5. The molecule has 1 heterocycles. The number of ether oxygens (including phenoxy) is 2. The predicted molar refractivity (Wildman–Crippen MR) is 137 cm³/mol. The molecule has 0 saturated heterocycles. The van der Waals surface area contributed by atoms with Crippen molar-refractivity contribution in [2.45, 2.75) is 32.6 Å². The molecule has 1 amide bonds. The van der Waals surface area contributed by atoms with Gasteiger partial charge in [-0.25, -0.2) is 0 Å². The van der Waals surface area contributed by atoms with Crippen molar-refractivity contribution >= 4 is 23.0 Å². The number of amides is 1. The lowest BCUT2D eigenvalue weighted by Crippen LogP contribution is -2.22. The summed E-state index contributed by atoms with van der Waals surface area (Å²) in [5.41, 5.74) is 10.8. The Morgan fingerprint density at radius 3 is 2.29 bits per heavy atom. The minimum atomic E-state index is -0.566. The van der Waals surface area contributed by atoms with Crippen molar-refractivity contribution in [2.24, 2.45) is 10.7 Å². The number of nitrogens with zero attached hydrogens (tertiary/aromatic N) is 1. The molecule has 176 valence electrons. The van der Waals surface area contributed by atoms with Gasteiger partial charge >= 0.3 is 0 Å². The quantitative estimate of drug-likeness (QED) is 0.408. The fraction of sp³-hybridized carbons (Fsp3) is 0.286. The van der Waals surface area contributed by atoms with Crippen LogP contribution in [0.25, 0.3) is 0 Å². The van der Waals surface area contributed by atoms with Gasteiger partial charge in [-0.15, -0.1) is 0 Å². The molecular weight excluding hydrogens is 426 g/mol. The SMILES string of the molecule is CCOc1cc2c(cc1OCC)C(C(=Nc1ccc(CCCN)cc1)c1ccccc1)C(=O)N2. The van der Waals surface area contributed by atoms with Crippen LogP contribution in [0.4, 0.5) is 11.4 Å². The first-order valence-corrected chi connectivity index (χ1v) is 11.8. The maximum absolute atomic E-state index is 13.3. The highest BCUT2D eigenvalue weighted by molar-refractivity contribution is 6.24. The molecule has 1 aliphatic rings. The van der Waals surface area contributed by atoms with Crippen molar-refractivity contribution in [2.75, 3.05) is 25.1 Å². The lowest BCUT2D eigenvalue weighted by atomic mass is 9.90. The zero-order chi connectivity index (χ0) is 23.9. The number of aryl methyl sites for hydroxylation is 1. The molecule has 3 N–H and O–H groups in total. The Labute approximate surface area is 200 Å². The van der Waals surface area contributed by atoms with Crippen LogP contribution in [0.3, 0.4) is 0 Å². The highest BCUT2D eigenvalue weighted by Crippen LogP contribution is 2.43. The zero-order valence-electron chi connectivity index (χ0n) is 19.7. The number of hydrogen-bond donors (Lipinski definition) is 2. The van der Waals surface area contributed by atoms with E-state index in [1.54, 1.807) is 0 Å². The van der Waals surface area contributed by atoms with E-state index < -0.39 is 5.92 Å². The number of nitrogens with two attached hydrogens (primary N) is 1. The Hall–Kier alpha value is -3.64. The van der Waals surface area contributed by atoms with Crippen LogP contribution in [0.15, 0.2) is 71.7 Å². The molecule has 0 aliphatic carbocycles. The molecule has 1 unspecified atom stereocenters. The maximum Gasteiger partial charge on any atom is 0.238 e. The van der Waals surface area contributed by atoms with Crippen LogP contribution >= 0.6 is 0 Å². The standard InChI is InChI=1S/C28H31N3O3/c1-3-33-24-17-22-23(18-25(24)34-4-2)31-28(32)26(22)27(20-10-6-5-7-11-20)30-21-14-12-19(13-15-21)9-8-16-29/h5-7,10-15,17-18,26H,3-4,8-9,16,29H2,1-2H3,(H,31,32). The van der Waals surface area contributed by atoms with E-state index in [2.05, 4.69) is 17.4 Å². The lowest BCUT2D eigenvalue weighted by molar-refractivity contribution is -0.115. The molecule has 1 aliphatic heterocycles. The van der Waals surface area contributed by atoms with Gasteiger partial charge in [0.1, 0.15) is 5.92 Å². The molecule has 0 fully saturated rings. The fourth-order valence-electron chi connectivity index (χ4n) is 4.16. The van der Waals surface area contributed by atoms with E-state index in [0.29, 0.717) is 37.0 Å². The topological polar surface area (TPSA) is 85.9 Å². The van der Waals surface area contributed by atoms with Crippen molar-refractivity contribution in [3.05, 3.63) is 83.4 Å². The number of benzene rings is 3. The molecular formula is C28H31N3O3. The van der Waals surface area contributed by atoms with Gasteiger partial charge in [0, 0.05) is 11.8 Å². The van der Waals surface area contributed by atoms with Crippen molar-refractivity contribution in [3.63, 3.8) is 0 Å². The Bertz CT molecular complexity index is 1160. The van der Waals surface area contributed by atoms with Gasteiger partial charge in [0.05, 0.1) is 24.6 Å². The minimum absolute atomic E-state index is 0.117. The molecule has 0 aromatic heterocycles. The lowest BCUT2D eigenvalue weighted by Gasteiger charge is -2.16. The smallest absolute Gasteiger partial charge is 0.238 e. The third-order valence-corrected chi connectivity index (χ3v) is 5.75. The number of carbonyl (C=O) groups excluding carboxylic acids is 1. The van der Waals surface area contributed by atoms with Crippen molar-refractivity contribution in [3.8, 4) is 11.5 Å². The largest absolute Gasteiger partial charge is 0.490 e. The molecule has 6 heteroatoms. The van der Waals surface area contributed by atoms with Gasteiger partial charge in [-0.3, -0.25) is 9.79 Å². The summed E-state index contributed by atoms with van der Waals surface area (Å²) in [5, 5.41) is 3.02. The summed E-state index contributed by atoms with van der Waals surface area (Å²) in [4.78, 5) is 18.2. The molecule has 3 aromatic carbocycles. The van der Waals surface area contributed by atoms with Gasteiger partial charge in [0.25, 0.3) is 0 Å². The Balaban J connectivity index is 1.78. The van der Waals surface area contributed by atoms with Crippen LogP contribution in [0, 0.1) is 0 Å². The average molecular weight is 458 g/mol. The van der Waals surface area contributed by atoms with E-state index in [-0.39, 0.29) is 5.91 Å². The first-order chi connectivity index (χ1) is 16.6. The first kappa shape index (κ1) is 23.5. The van der Waals surface area contributed by atoms with E-state index in [4.69, 9.17) is 20.2 Å². The average Bonchev–Trinajstić information content (AvgIpc) is 3.17. The van der Waals surface area contributed by atoms with Crippen LogP contribution in [0.1, 0.15) is 42.9 Å². The summed E-state index contributed by atoms with van der Waals surface area (Å²) < 4.78 is 11.6. The number of rotatable bonds is 10. The molecule has 0 bridgehead atoms. The number of fused-ring (bicyclic) bond motifs is 1. The summed E-state index contributed by atoms with van der Waals surface area (Å²) in [5.74, 6) is 0.564. The number of carbonyl (C=O) groups is 1. The summed E-state index contributed by atoms with van der Waals surface area (Å²) in [6.45, 7) is 5.53. The Morgan fingerprint density at radius 1 is 0.971 bits per heavy atom. The van der Waals surface area contributed by atoms with Gasteiger partial charge in [0.15, 0.2) is 11.5 Å². The van der Waals surface area contributed by atoms with Gasteiger partial charge in [0.2, 0.25) is 5.91 Å². The first-order valence-electron chi connectivity index (χ1n) is 11.8. The van der Waals surface area contributed by atoms with Crippen LogP contribution in [0.2, 0.25) is 0 Å². The zero-order valence-corrected chi connectivity index (χ0v) is 19.7. The van der Waals surface area contributed by atoms with Crippen molar-refractivity contribution in [1.29, 1.82) is 0 Å². The van der Waals surface area contributed by atoms with Crippen LogP contribution in [-0.2, 0) is 11.2 Å². The molecule has 0 saturated carbocycles. The van der Waals surface area contributed by atoms with Crippen molar-refractivity contribution < 1.29 is 14.3 Å². The second kappa shape index (κ2) is 11.0. The van der Waals surface area contributed by atoms with Crippen LogP contribution < -0.4 is 20.5 Å². The number of anilines is 1. The minimum Gasteiger partial charge on any atom is -0.490 e. The van der Waals surface area contributed by atoms with Crippen LogP contribution in [-0.4, -0.2) is 31.4 Å². The molecule has 6 nitrogen and oxygen atoms in total. The maximum atomic E-state index is 13.3. The summed E-state index contributed by atoms with van der Waals surface area (Å²) >= 11 is 0. The Morgan fingerprint density at radius 2 is 1.65 bits per heavy atom. The van der Waals surface area contributed by atoms with E-state index in [9.17, 15) is 4.79 Å². The molecule has 0 spiro atoms. The Kier molecular flexibility index (Phi) is 7.60. The number of nitrogens with one attached hydrogen (secondary N) is 1. The predicted octanol–water partition coefficient (Wildman–Crippen LogP) is 5.23. The normalized spacial score (nSPS) is 15.1. The summed E-state index contributed by atoms with van der Waals surface area (Å²) in [6.07, 6.45) is 1.88. The number of aliphatic imine (C=N–C) groups is 1. The monoisotopic (exact) mass is 457 g/mol.